The second-order valence-corrected chi connectivity index (χ2v) is 7.08. The van der Waals surface area contributed by atoms with E-state index >= 15 is 0 Å². The van der Waals surface area contributed by atoms with Crippen molar-refractivity contribution >= 4 is 11.6 Å². The number of carbonyl (C=O) groups excluding carboxylic acids is 1. The minimum absolute atomic E-state index is 0.107. The van der Waals surface area contributed by atoms with Gasteiger partial charge in [0.25, 0.3) is 11.6 Å². The minimum Gasteiger partial charge on any atom is -0.339 e. The summed E-state index contributed by atoms with van der Waals surface area (Å²) in [4.78, 5) is 29.5. The van der Waals surface area contributed by atoms with Crippen molar-refractivity contribution in [2.45, 2.75) is 20.3 Å². The van der Waals surface area contributed by atoms with Crippen molar-refractivity contribution in [3.05, 3.63) is 76.2 Å². The van der Waals surface area contributed by atoms with Crippen molar-refractivity contribution < 1.29 is 14.2 Å². The van der Waals surface area contributed by atoms with E-state index in [1.165, 1.54) is 18.2 Å². The molecule has 0 unspecified atom stereocenters. The number of carbonyl (C=O) groups is 1. The summed E-state index contributed by atoms with van der Waals surface area (Å²) in [5, 5.41) is 15.0. The number of nitrogens with zero attached hydrogens (tertiary/aromatic N) is 4. The standard InChI is InChI=1S/C21H22N4O4/c1-15(2)14-24(21(26)17-9-6-10-18(13-17)25(27)28)12-11-19-22-20(23-29-19)16-7-4-3-5-8-16/h3-10,13,15H,11-12,14H2,1-2H3. The van der Waals surface area contributed by atoms with Crippen LogP contribution in [-0.2, 0) is 6.42 Å². The van der Waals surface area contributed by atoms with Crippen LogP contribution in [0.5, 0.6) is 0 Å². The molecule has 0 spiro atoms. The fraction of sp³-hybridized carbons (Fsp3) is 0.286. The van der Waals surface area contributed by atoms with Crippen LogP contribution in [0.25, 0.3) is 11.4 Å². The molecule has 2 aromatic carbocycles. The summed E-state index contributed by atoms with van der Waals surface area (Å²) in [7, 11) is 0. The third kappa shape index (κ3) is 5.25. The number of hydrogen-bond donors (Lipinski definition) is 0. The van der Waals surface area contributed by atoms with Crippen LogP contribution in [0.1, 0.15) is 30.1 Å². The van der Waals surface area contributed by atoms with Crippen molar-refractivity contribution in [3.8, 4) is 11.4 Å². The van der Waals surface area contributed by atoms with E-state index in [4.69, 9.17) is 4.52 Å². The number of nitro groups is 1. The molecule has 29 heavy (non-hydrogen) atoms. The molecule has 0 aliphatic rings. The summed E-state index contributed by atoms with van der Waals surface area (Å²) in [6.45, 7) is 4.90. The first-order valence-electron chi connectivity index (χ1n) is 9.36. The highest BCUT2D eigenvalue weighted by atomic mass is 16.6. The topological polar surface area (TPSA) is 102 Å². The molecule has 3 rings (SSSR count). The Bertz CT molecular complexity index is 985. The van der Waals surface area contributed by atoms with Gasteiger partial charge in [0.05, 0.1) is 4.92 Å². The Kier molecular flexibility index (Phi) is 6.33. The smallest absolute Gasteiger partial charge is 0.270 e. The highest BCUT2D eigenvalue weighted by Crippen LogP contribution is 2.17. The van der Waals surface area contributed by atoms with Crippen LogP contribution in [0.2, 0.25) is 0 Å². The van der Waals surface area contributed by atoms with Gasteiger partial charge >= 0.3 is 0 Å². The van der Waals surface area contributed by atoms with Gasteiger partial charge in [-0.1, -0.05) is 55.4 Å². The number of non-ortho nitro benzene ring substituents is 1. The van der Waals surface area contributed by atoms with Crippen LogP contribution in [0.3, 0.4) is 0 Å². The molecule has 1 aromatic heterocycles. The molecule has 0 fully saturated rings. The average Bonchev–Trinajstić information content (AvgIpc) is 3.20. The van der Waals surface area contributed by atoms with Crippen LogP contribution in [-0.4, -0.2) is 39.0 Å². The van der Waals surface area contributed by atoms with Crippen LogP contribution < -0.4 is 0 Å². The maximum Gasteiger partial charge on any atom is 0.270 e. The molecule has 0 saturated carbocycles. The zero-order valence-electron chi connectivity index (χ0n) is 16.3. The van der Waals surface area contributed by atoms with E-state index in [-0.39, 0.29) is 23.1 Å². The van der Waals surface area contributed by atoms with Gasteiger partial charge in [-0.25, -0.2) is 0 Å². The molecule has 0 bridgehead atoms. The Balaban J connectivity index is 1.73. The highest BCUT2D eigenvalue weighted by molar-refractivity contribution is 5.94. The summed E-state index contributed by atoms with van der Waals surface area (Å²) in [5.41, 5.74) is 1.04. The zero-order chi connectivity index (χ0) is 20.8. The summed E-state index contributed by atoms with van der Waals surface area (Å²) in [5.74, 6) is 0.913. The van der Waals surface area contributed by atoms with Crippen molar-refractivity contribution in [1.82, 2.24) is 15.0 Å². The molecule has 1 heterocycles. The fourth-order valence-corrected chi connectivity index (χ4v) is 2.94. The molecule has 150 valence electrons. The molecule has 0 aliphatic carbocycles. The van der Waals surface area contributed by atoms with E-state index in [2.05, 4.69) is 10.1 Å². The minimum atomic E-state index is -0.507. The van der Waals surface area contributed by atoms with Crippen LogP contribution in [0.15, 0.2) is 59.1 Å². The van der Waals surface area contributed by atoms with Crippen molar-refractivity contribution in [2.75, 3.05) is 13.1 Å². The summed E-state index contributed by atoms with van der Waals surface area (Å²) in [6.07, 6.45) is 0.396. The number of nitro benzene ring substituents is 1. The highest BCUT2D eigenvalue weighted by Gasteiger charge is 2.20. The predicted molar refractivity (Wildman–Crippen MR) is 107 cm³/mol. The van der Waals surface area contributed by atoms with Crippen molar-refractivity contribution in [2.24, 2.45) is 5.92 Å². The van der Waals surface area contributed by atoms with Gasteiger partial charge in [0.15, 0.2) is 0 Å². The summed E-state index contributed by atoms with van der Waals surface area (Å²) >= 11 is 0. The van der Waals surface area contributed by atoms with E-state index < -0.39 is 4.92 Å². The van der Waals surface area contributed by atoms with Crippen LogP contribution in [0, 0.1) is 16.0 Å². The molecule has 8 nitrogen and oxygen atoms in total. The number of aromatic nitrogens is 2. The maximum atomic E-state index is 12.9. The van der Waals surface area contributed by atoms with Crippen LogP contribution >= 0.6 is 0 Å². The molecule has 0 radical (unpaired) electrons. The largest absolute Gasteiger partial charge is 0.339 e. The normalized spacial score (nSPS) is 10.9. The SMILES string of the molecule is CC(C)CN(CCc1nc(-c2ccccc2)no1)C(=O)c1cccc([N+](=O)[O-])c1. The molecule has 0 atom stereocenters. The van der Waals surface area contributed by atoms with Crippen LogP contribution in [0.4, 0.5) is 5.69 Å². The van der Waals surface area contributed by atoms with Gasteiger partial charge in [0.2, 0.25) is 11.7 Å². The lowest BCUT2D eigenvalue weighted by atomic mass is 10.1. The third-order valence-corrected chi connectivity index (χ3v) is 4.27. The van der Waals surface area contributed by atoms with E-state index in [9.17, 15) is 14.9 Å². The first-order valence-corrected chi connectivity index (χ1v) is 9.36. The Labute approximate surface area is 168 Å². The quantitative estimate of drug-likeness (QED) is 0.423. The van der Waals surface area contributed by atoms with E-state index in [0.717, 1.165) is 5.56 Å². The Morgan fingerprint density at radius 2 is 1.93 bits per heavy atom. The van der Waals surface area contributed by atoms with Crippen molar-refractivity contribution in [3.63, 3.8) is 0 Å². The monoisotopic (exact) mass is 394 g/mol. The Hall–Kier alpha value is -3.55. The lowest BCUT2D eigenvalue weighted by molar-refractivity contribution is -0.384. The van der Waals surface area contributed by atoms with E-state index in [0.29, 0.717) is 31.2 Å². The fourth-order valence-electron chi connectivity index (χ4n) is 2.94. The molecule has 0 saturated heterocycles. The van der Waals surface area contributed by atoms with Gasteiger partial charge in [-0.15, -0.1) is 0 Å². The van der Waals surface area contributed by atoms with Gasteiger partial charge < -0.3 is 9.42 Å². The molecule has 0 aliphatic heterocycles. The molecule has 1 amide bonds. The van der Waals surface area contributed by atoms with Gasteiger partial charge in [0, 0.05) is 42.8 Å². The molecule has 3 aromatic rings. The second kappa shape index (κ2) is 9.09. The summed E-state index contributed by atoms with van der Waals surface area (Å²) < 4.78 is 5.32. The first-order chi connectivity index (χ1) is 13.9. The maximum absolute atomic E-state index is 12.9. The lowest BCUT2D eigenvalue weighted by Gasteiger charge is -2.24. The second-order valence-electron chi connectivity index (χ2n) is 7.08. The molecule has 8 heteroatoms. The van der Waals surface area contributed by atoms with Gasteiger partial charge in [-0.05, 0) is 12.0 Å². The van der Waals surface area contributed by atoms with Gasteiger partial charge in [0.1, 0.15) is 0 Å². The van der Waals surface area contributed by atoms with E-state index in [1.807, 2.05) is 44.2 Å². The van der Waals surface area contributed by atoms with Gasteiger partial charge in [-0.2, -0.15) is 4.98 Å². The number of rotatable bonds is 8. The number of hydrogen-bond acceptors (Lipinski definition) is 6. The Morgan fingerprint density at radius 3 is 2.62 bits per heavy atom. The molecular weight excluding hydrogens is 372 g/mol. The van der Waals surface area contributed by atoms with Crippen molar-refractivity contribution in [1.29, 1.82) is 0 Å². The lowest BCUT2D eigenvalue weighted by Crippen LogP contribution is -2.36. The van der Waals surface area contributed by atoms with Gasteiger partial charge in [-0.3, -0.25) is 14.9 Å². The zero-order valence-corrected chi connectivity index (χ0v) is 16.3. The Morgan fingerprint density at radius 1 is 1.17 bits per heavy atom. The summed E-state index contributed by atoms with van der Waals surface area (Å²) in [6, 6.07) is 15.3. The average molecular weight is 394 g/mol. The third-order valence-electron chi connectivity index (χ3n) is 4.27. The number of amides is 1. The molecule has 0 N–H and O–H groups in total. The van der Waals surface area contributed by atoms with E-state index in [1.54, 1.807) is 11.0 Å². The number of benzene rings is 2. The predicted octanol–water partition coefficient (Wildman–Crippen LogP) is 3.99. The molecular formula is C21H22N4O4. The first kappa shape index (κ1) is 20.2.